The van der Waals surface area contributed by atoms with E-state index in [1.807, 2.05) is 69.2 Å². The summed E-state index contributed by atoms with van der Waals surface area (Å²) in [5.74, 6) is 1.30. The standard InChI is InChI=1S/C11H24N2O.C10H20N2O3.4C7H16N2O/c1-7(2)5-8(3)6-10(14)11(13)9(4)12;1-6(2)3-7(10(14)15)4-9(13)8(12)5-11;4*1-5(2)3-7(10)6(9)4-8/h7-9,11H,5-6,12-13H2,1-4H3;6-8H,3-5,11-12H2,1-2H3,(H,14,15);4*5-6H,3-4,8-9H2,1-2H3/t8-,9+,11+;7-,8+;4*6-/m101100/s1. The molecular formula is C49H108N12O8. The van der Waals surface area contributed by atoms with E-state index in [4.69, 9.17) is 73.9 Å². The van der Waals surface area contributed by atoms with Crippen LogP contribution in [0.2, 0.25) is 0 Å². The highest BCUT2D eigenvalue weighted by molar-refractivity contribution is 5.88. The van der Waals surface area contributed by atoms with E-state index in [1.54, 1.807) is 6.92 Å². The van der Waals surface area contributed by atoms with E-state index in [9.17, 15) is 33.6 Å². The molecule has 69 heavy (non-hydrogen) atoms. The molecule has 0 radical (unpaired) electrons. The summed E-state index contributed by atoms with van der Waals surface area (Å²) in [6, 6.07) is -3.30. The monoisotopic (exact) mass is 993 g/mol. The fraction of sp³-hybridized carbons (Fsp3) is 0.857. The maximum absolute atomic E-state index is 11.6. The topological polar surface area (TPSA) is 452 Å². The van der Waals surface area contributed by atoms with E-state index in [1.165, 1.54) is 0 Å². The summed E-state index contributed by atoms with van der Waals surface area (Å²) in [7, 11) is 0. The minimum Gasteiger partial charge on any atom is -0.481 e. The van der Waals surface area contributed by atoms with Gasteiger partial charge >= 0.3 is 5.97 Å². The van der Waals surface area contributed by atoms with E-state index in [0.29, 0.717) is 74.0 Å². The first kappa shape index (κ1) is 77.5. The lowest BCUT2D eigenvalue weighted by atomic mass is 9.91. The largest absolute Gasteiger partial charge is 0.481 e. The van der Waals surface area contributed by atoms with Crippen molar-refractivity contribution < 1.29 is 38.7 Å². The minimum atomic E-state index is -0.943. The van der Waals surface area contributed by atoms with Crippen LogP contribution in [0.15, 0.2) is 0 Å². The van der Waals surface area contributed by atoms with Crippen molar-refractivity contribution in [2.24, 2.45) is 116 Å². The van der Waals surface area contributed by atoms with Crippen LogP contribution in [0.3, 0.4) is 0 Å². The fourth-order valence-corrected chi connectivity index (χ4v) is 5.77. The summed E-state index contributed by atoms with van der Waals surface area (Å²) in [6.07, 6.45) is 4.25. The molecule has 0 aromatic heterocycles. The Bertz CT molecular complexity index is 1250. The van der Waals surface area contributed by atoms with Crippen LogP contribution in [0.25, 0.3) is 0 Å². The van der Waals surface area contributed by atoms with Gasteiger partial charge in [-0.3, -0.25) is 33.6 Å². The summed E-state index contributed by atoms with van der Waals surface area (Å²) in [4.78, 5) is 77.7. The highest BCUT2D eigenvalue weighted by Gasteiger charge is 2.25. The third-order valence-electron chi connectivity index (χ3n) is 9.69. The van der Waals surface area contributed by atoms with Gasteiger partial charge in [-0.25, -0.2) is 0 Å². The van der Waals surface area contributed by atoms with Crippen molar-refractivity contribution in [3.63, 3.8) is 0 Å². The summed E-state index contributed by atoms with van der Waals surface area (Å²) in [5, 5.41) is 8.90. The van der Waals surface area contributed by atoms with Gasteiger partial charge in [-0.2, -0.15) is 0 Å². The van der Waals surface area contributed by atoms with Crippen LogP contribution in [0, 0.1) is 47.3 Å². The summed E-state index contributed by atoms with van der Waals surface area (Å²) < 4.78 is 0. The average Bonchev–Trinajstić information content (AvgIpc) is 3.23. The molecule has 0 bridgehead atoms. The van der Waals surface area contributed by atoms with E-state index in [2.05, 4.69) is 20.8 Å². The summed E-state index contributed by atoms with van der Waals surface area (Å²) >= 11 is 0. The number of carbonyl (C=O) groups is 7. The number of aliphatic carboxylic acids is 1. The number of nitrogens with two attached hydrogens (primary N) is 12. The molecule has 412 valence electrons. The Morgan fingerprint density at radius 2 is 0.565 bits per heavy atom. The third kappa shape index (κ3) is 51.2. The molecule has 0 rings (SSSR count). The quantitative estimate of drug-likeness (QED) is 0.0493. The van der Waals surface area contributed by atoms with E-state index < -0.39 is 48.1 Å². The summed E-state index contributed by atoms with van der Waals surface area (Å²) in [5.41, 5.74) is 64.3. The smallest absolute Gasteiger partial charge is 0.306 e. The van der Waals surface area contributed by atoms with Gasteiger partial charge in [0.15, 0.2) is 34.7 Å². The molecule has 0 aliphatic heterocycles. The van der Waals surface area contributed by atoms with E-state index in [-0.39, 0.29) is 85.8 Å². The predicted octanol–water partition coefficient (Wildman–Crippen LogP) is 0.831. The van der Waals surface area contributed by atoms with Crippen molar-refractivity contribution in [1.82, 2.24) is 0 Å². The molecule has 20 nitrogen and oxygen atoms in total. The molecule has 9 atom stereocenters. The lowest BCUT2D eigenvalue weighted by molar-refractivity contribution is -0.144. The van der Waals surface area contributed by atoms with Gasteiger partial charge in [0.05, 0.1) is 42.2 Å². The van der Waals surface area contributed by atoms with Crippen LogP contribution in [-0.4, -0.2) is 121 Å². The number of carboxylic acid groups (broad SMARTS) is 1. The highest BCUT2D eigenvalue weighted by atomic mass is 16.4. The van der Waals surface area contributed by atoms with Crippen molar-refractivity contribution in [3.05, 3.63) is 0 Å². The molecule has 0 fully saturated rings. The number of rotatable bonds is 29. The SMILES string of the molecule is CC(C)CC(=O)[C@@H](N)CN.CC(C)CC(=O)[C@@H](N)CN.CC(C)CC(=O)[C@H](N)CN.CC(C)CC(=O)[C@H](N)CN.CC(C)C[C@@H](C)CC(=O)[C@@H](N)[C@H](C)N.CC(C)C[C@@H](CC(=O)[C@H](N)CN)C(=O)O. The highest BCUT2D eigenvalue weighted by Crippen LogP contribution is 2.17. The number of carboxylic acids is 1. The Morgan fingerprint density at radius 1 is 0.333 bits per heavy atom. The first-order valence-electron chi connectivity index (χ1n) is 24.7. The van der Waals surface area contributed by atoms with Crippen molar-refractivity contribution in [2.45, 2.75) is 191 Å². The molecule has 25 N–H and O–H groups in total. The summed E-state index contributed by atoms with van der Waals surface area (Å²) in [6.45, 7) is 29.0. The lowest BCUT2D eigenvalue weighted by Crippen LogP contribution is -2.45. The van der Waals surface area contributed by atoms with Crippen LogP contribution in [0.1, 0.15) is 148 Å². The Kier molecular flexibility index (Phi) is 51.8. The first-order valence-corrected chi connectivity index (χ1v) is 24.7. The zero-order valence-corrected chi connectivity index (χ0v) is 45.6. The zero-order valence-electron chi connectivity index (χ0n) is 45.6. The normalized spacial score (nSPS) is 14.8. The Morgan fingerprint density at radius 3 is 0.739 bits per heavy atom. The van der Waals surface area contributed by atoms with Gasteiger partial charge in [0, 0.05) is 77.3 Å². The number of carbonyl (C=O) groups excluding carboxylic acids is 6. The molecule has 0 unspecified atom stereocenters. The molecule has 0 saturated heterocycles. The maximum Gasteiger partial charge on any atom is 0.306 e. The van der Waals surface area contributed by atoms with Gasteiger partial charge in [0.1, 0.15) is 0 Å². The Balaban J connectivity index is -0.000000174. The lowest BCUT2D eigenvalue weighted by Gasteiger charge is -2.18. The van der Waals surface area contributed by atoms with Crippen LogP contribution < -0.4 is 68.8 Å². The van der Waals surface area contributed by atoms with Gasteiger partial charge < -0.3 is 73.9 Å². The van der Waals surface area contributed by atoms with Gasteiger partial charge in [-0.15, -0.1) is 0 Å². The van der Waals surface area contributed by atoms with Crippen LogP contribution in [-0.2, 0) is 33.6 Å². The molecule has 0 heterocycles. The number of ketones is 6. The number of Topliss-reactive ketones (excluding diaryl/α,β-unsaturated/α-hetero) is 6. The molecule has 0 aromatic rings. The van der Waals surface area contributed by atoms with Crippen molar-refractivity contribution in [2.75, 3.05) is 32.7 Å². The molecule has 0 spiro atoms. The number of hydrogen-bond donors (Lipinski definition) is 13. The van der Waals surface area contributed by atoms with Crippen molar-refractivity contribution >= 4 is 40.7 Å². The second-order valence-electron chi connectivity index (χ2n) is 20.6. The molecular weight excluding hydrogens is 885 g/mol. The van der Waals surface area contributed by atoms with Gasteiger partial charge in [-0.1, -0.05) is 90.0 Å². The van der Waals surface area contributed by atoms with Crippen LogP contribution in [0.4, 0.5) is 0 Å². The molecule has 0 saturated carbocycles. The minimum absolute atomic E-state index is 0.0219. The second kappa shape index (κ2) is 46.1. The molecule has 0 aromatic carbocycles. The van der Waals surface area contributed by atoms with Crippen LogP contribution in [0.5, 0.6) is 0 Å². The van der Waals surface area contributed by atoms with Crippen molar-refractivity contribution in [1.29, 1.82) is 0 Å². The maximum atomic E-state index is 11.6. The first-order chi connectivity index (χ1) is 31.5. The molecule has 0 aliphatic rings. The molecule has 20 heteroatoms. The third-order valence-corrected chi connectivity index (χ3v) is 9.69. The van der Waals surface area contributed by atoms with Gasteiger partial charge in [0.2, 0.25) is 0 Å². The van der Waals surface area contributed by atoms with Gasteiger partial charge in [0.25, 0.3) is 0 Å². The predicted molar refractivity (Wildman–Crippen MR) is 283 cm³/mol. The Labute approximate surface area is 417 Å². The fourth-order valence-electron chi connectivity index (χ4n) is 5.77. The van der Waals surface area contributed by atoms with Crippen LogP contribution >= 0.6 is 0 Å². The van der Waals surface area contributed by atoms with E-state index >= 15 is 0 Å². The molecule has 0 amide bonds. The second-order valence-corrected chi connectivity index (χ2v) is 20.6. The average molecular weight is 993 g/mol. The van der Waals surface area contributed by atoms with Crippen molar-refractivity contribution in [3.8, 4) is 0 Å². The molecule has 0 aliphatic carbocycles. The van der Waals surface area contributed by atoms with Gasteiger partial charge in [-0.05, 0) is 61.2 Å². The number of hydrogen-bond acceptors (Lipinski definition) is 19. The Hall–Kier alpha value is -2.99. The zero-order chi connectivity index (χ0) is 55.9. The van der Waals surface area contributed by atoms with E-state index in [0.717, 1.165) is 6.42 Å².